The minimum Gasteiger partial charge on any atom is -0.513 e. The van der Waals surface area contributed by atoms with Gasteiger partial charge in [0, 0.05) is 6.42 Å². The van der Waals surface area contributed by atoms with Crippen molar-refractivity contribution in [3.8, 4) is 0 Å². The standard InChI is InChI=1S/C26H44O.C2H6/c1-5-19-17-21-23-13-12-20(10-8-9-18(2)27)25(23,3)16-14-24(21)26(4)15-7-6-11-22(19)26;1-2/h19-24,27H,2,5-17H2,1,3-4H3;1-2H3/t19-,20?,21?,22?,23?,24-,25?,26?;/m0./s1. The third-order valence-corrected chi connectivity index (χ3v) is 10.5. The molecule has 0 heterocycles. The van der Waals surface area contributed by atoms with E-state index >= 15 is 0 Å². The molecule has 0 aliphatic heterocycles. The molecule has 4 saturated carbocycles. The Kier molecular flexibility index (Phi) is 7.49. The molecule has 1 nitrogen and oxygen atoms in total. The average Bonchev–Trinajstić information content (AvgIpc) is 3.05. The predicted octanol–water partition coefficient (Wildman–Crippen LogP) is 8.94. The molecule has 29 heavy (non-hydrogen) atoms. The van der Waals surface area contributed by atoms with Gasteiger partial charge in [0.1, 0.15) is 0 Å². The van der Waals surface area contributed by atoms with Crippen LogP contribution in [-0.4, -0.2) is 5.11 Å². The zero-order valence-corrected chi connectivity index (χ0v) is 20.3. The van der Waals surface area contributed by atoms with E-state index in [1.54, 1.807) is 6.42 Å². The lowest BCUT2D eigenvalue weighted by molar-refractivity contribution is -0.135. The van der Waals surface area contributed by atoms with E-state index in [9.17, 15) is 5.11 Å². The first kappa shape index (κ1) is 23.2. The van der Waals surface area contributed by atoms with Gasteiger partial charge in [-0.15, -0.1) is 0 Å². The van der Waals surface area contributed by atoms with E-state index in [1.165, 1.54) is 64.2 Å². The number of hydrogen-bond acceptors (Lipinski definition) is 1. The topological polar surface area (TPSA) is 20.2 Å². The molecule has 0 bridgehead atoms. The van der Waals surface area contributed by atoms with Gasteiger partial charge in [0.15, 0.2) is 0 Å². The second-order valence-electron chi connectivity index (χ2n) is 11.4. The SMILES string of the molecule is C=C(O)CCCC1CCC2C3C[C@H](CC)C4CCCCC4(C)[C@H]3CCC12C.CC. The zero-order chi connectivity index (χ0) is 21.2. The maximum Gasteiger partial charge on any atom is 0.0851 e. The summed E-state index contributed by atoms with van der Waals surface area (Å²) in [7, 11) is 0. The molecule has 6 unspecified atom stereocenters. The van der Waals surface area contributed by atoms with Crippen LogP contribution in [0.25, 0.3) is 0 Å². The summed E-state index contributed by atoms with van der Waals surface area (Å²) in [6.07, 6.45) is 18.1. The molecule has 4 rings (SSSR count). The van der Waals surface area contributed by atoms with Crippen molar-refractivity contribution in [2.45, 2.75) is 118 Å². The summed E-state index contributed by atoms with van der Waals surface area (Å²) < 4.78 is 0. The van der Waals surface area contributed by atoms with Crippen molar-refractivity contribution in [2.75, 3.05) is 0 Å². The van der Waals surface area contributed by atoms with Crippen LogP contribution >= 0.6 is 0 Å². The molecule has 0 aromatic heterocycles. The van der Waals surface area contributed by atoms with Gasteiger partial charge in [0.2, 0.25) is 0 Å². The average molecular weight is 403 g/mol. The molecule has 0 aromatic carbocycles. The number of hydrogen-bond donors (Lipinski definition) is 1. The maximum absolute atomic E-state index is 9.48. The van der Waals surface area contributed by atoms with Crippen LogP contribution in [0.3, 0.4) is 0 Å². The number of aliphatic hydroxyl groups is 1. The zero-order valence-electron chi connectivity index (χ0n) is 20.3. The number of rotatable bonds is 5. The fraction of sp³-hybridized carbons (Fsp3) is 0.929. The summed E-state index contributed by atoms with van der Waals surface area (Å²) in [6.45, 7) is 15.5. The number of allylic oxidation sites excluding steroid dienone is 1. The van der Waals surface area contributed by atoms with Gasteiger partial charge in [-0.2, -0.15) is 0 Å². The van der Waals surface area contributed by atoms with Crippen molar-refractivity contribution in [3.63, 3.8) is 0 Å². The van der Waals surface area contributed by atoms with E-state index in [4.69, 9.17) is 0 Å². The molecule has 4 fully saturated rings. The Hall–Kier alpha value is -0.460. The van der Waals surface area contributed by atoms with E-state index in [0.717, 1.165) is 48.3 Å². The summed E-state index contributed by atoms with van der Waals surface area (Å²) in [4.78, 5) is 0. The van der Waals surface area contributed by atoms with Gasteiger partial charge >= 0.3 is 0 Å². The highest BCUT2D eigenvalue weighted by Crippen LogP contribution is 2.69. The maximum atomic E-state index is 9.48. The Bertz CT molecular complexity index is 553. The largest absolute Gasteiger partial charge is 0.513 e. The molecule has 0 aromatic rings. The number of aliphatic hydroxyl groups excluding tert-OH is 1. The molecular formula is C28H50O. The lowest BCUT2D eigenvalue weighted by Gasteiger charge is -2.62. The summed E-state index contributed by atoms with van der Waals surface area (Å²) in [6, 6.07) is 0. The Balaban J connectivity index is 0.00000117. The molecule has 8 atom stereocenters. The molecule has 0 spiro atoms. The monoisotopic (exact) mass is 402 g/mol. The Morgan fingerprint density at radius 1 is 0.931 bits per heavy atom. The third-order valence-electron chi connectivity index (χ3n) is 10.5. The summed E-state index contributed by atoms with van der Waals surface area (Å²) in [5.74, 6) is 6.29. The Morgan fingerprint density at radius 2 is 1.66 bits per heavy atom. The minimum atomic E-state index is 0.382. The molecule has 0 amide bonds. The normalized spacial score (nSPS) is 46.0. The summed E-state index contributed by atoms with van der Waals surface area (Å²) in [5, 5.41) is 9.48. The van der Waals surface area contributed by atoms with Gasteiger partial charge in [-0.05, 0) is 104 Å². The van der Waals surface area contributed by atoms with Crippen LogP contribution in [0, 0.1) is 46.3 Å². The van der Waals surface area contributed by atoms with Crippen LogP contribution in [0.4, 0.5) is 0 Å². The summed E-state index contributed by atoms with van der Waals surface area (Å²) in [5.41, 5.74) is 1.23. The molecule has 1 heteroatoms. The highest BCUT2D eigenvalue weighted by Gasteiger charge is 2.60. The minimum absolute atomic E-state index is 0.382. The van der Waals surface area contributed by atoms with Gasteiger partial charge < -0.3 is 5.11 Å². The van der Waals surface area contributed by atoms with Gasteiger partial charge in [-0.3, -0.25) is 0 Å². The van der Waals surface area contributed by atoms with Crippen molar-refractivity contribution in [3.05, 3.63) is 12.3 Å². The second-order valence-corrected chi connectivity index (χ2v) is 11.4. The van der Waals surface area contributed by atoms with Crippen LogP contribution in [0.15, 0.2) is 12.3 Å². The van der Waals surface area contributed by atoms with Crippen LogP contribution in [-0.2, 0) is 0 Å². The van der Waals surface area contributed by atoms with Crippen molar-refractivity contribution >= 4 is 0 Å². The molecule has 0 radical (unpaired) electrons. The highest BCUT2D eigenvalue weighted by molar-refractivity contribution is 5.10. The van der Waals surface area contributed by atoms with Crippen molar-refractivity contribution in [1.82, 2.24) is 0 Å². The first-order chi connectivity index (χ1) is 13.9. The van der Waals surface area contributed by atoms with E-state index in [1.807, 2.05) is 13.8 Å². The van der Waals surface area contributed by atoms with Crippen molar-refractivity contribution in [2.24, 2.45) is 46.3 Å². The smallest absolute Gasteiger partial charge is 0.0851 e. The van der Waals surface area contributed by atoms with Crippen LogP contribution in [0.2, 0.25) is 0 Å². The first-order valence-electron chi connectivity index (χ1n) is 13.3. The van der Waals surface area contributed by atoms with Gasteiger partial charge in [0.05, 0.1) is 5.76 Å². The van der Waals surface area contributed by atoms with Crippen LogP contribution < -0.4 is 0 Å². The number of fused-ring (bicyclic) bond motifs is 5. The van der Waals surface area contributed by atoms with E-state index in [-0.39, 0.29) is 0 Å². The molecule has 4 aliphatic rings. The highest BCUT2D eigenvalue weighted by atomic mass is 16.3. The van der Waals surface area contributed by atoms with E-state index in [0.29, 0.717) is 16.6 Å². The van der Waals surface area contributed by atoms with Gasteiger partial charge in [-0.25, -0.2) is 0 Å². The molecule has 0 saturated heterocycles. The van der Waals surface area contributed by atoms with Crippen molar-refractivity contribution < 1.29 is 5.11 Å². The first-order valence-corrected chi connectivity index (χ1v) is 13.3. The Labute approximate surface area is 182 Å². The lowest BCUT2D eigenvalue weighted by atomic mass is 9.42. The molecule has 1 N–H and O–H groups in total. The molecule has 4 aliphatic carbocycles. The quantitative estimate of drug-likeness (QED) is 0.455. The van der Waals surface area contributed by atoms with Gasteiger partial charge in [0.25, 0.3) is 0 Å². The van der Waals surface area contributed by atoms with E-state index in [2.05, 4.69) is 27.4 Å². The fourth-order valence-corrected chi connectivity index (χ4v) is 9.16. The lowest BCUT2D eigenvalue weighted by Crippen LogP contribution is -2.55. The second kappa shape index (κ2) is 9.35. The molecular weight excluding hydrogens is 352 g/mol. The van der Waals surface area contributed by atoms with Crippen LogP contribution in [0.5, 0.6) is 0 Å². The molecule has 168 valence electrons. The Morgan fingerprint density at radius 3 is 2.34 bits per heavy atom. The van der Waals surface area contributed by atoms with Gasteiger partial charge in [-0.1, -0.05) is 60.5 Å². The summed E-state index contributed by atoms with van der Waals surface area (Å²) >= 11 is 0. The predicted molar refractivity (Wildman–Crippen MR) is 126 cm³/mol. The van der Waals surface area contributed by atoms with Crippen LogP contribution in [0.1, 0.15) is 118 Å². The van der Waals surface area contributed by atoms with Crippen molar-refractivity contribution in [1.29, 1.82) is 0 Å². The fourth-order valence-electron chi connectivity index (χ4n) is 9.16. The van der Waals surface area contributed by atoms with E-state index < -0.39 is 0 Å². The third kappa shape index (κ3) is 4.06.